The average molecular weight is 391 g/mol. The number of anilines is 1. The van der Waals surface area contributed by atoms with E-state index in [4.69, 9.17) is 4.74 Å². The number of nitrogens with one attached hydrogen (secondary N) is 2. The molecule has 0 radical (unpaired) electrons. The molecule has 1 atom stereocenters. The van der Waals surface area contributed by atoms with Gasteiger partial charge in [-0.1, -0.05) is 0 Å². The van der Waals surface area contributed by atoms with Crippen LogP contribution in [0.3, 0.4) is 0 Å². The molecule has 28 heavy (non-hydrogen) atoms. The minimum atomic E-state index is -3.05. The number of fused-ring (bicyclic) bond motifs is 1. The highest BCUT2D eigenvalue weighted by molar-refractivity contribution is 5.86. The number of hydrogen-bond donors (Lipinski definition) is 2. The topological polar surface area (TPSA) is 75.7 Å². The molecule has 1 aliphatic rings. The Hall–Kier alpha value is -2.68. The van der Waals surface area contributed by atoms with Gasteiger partial charge >= 0.3 is 0 Å². The van der Waals surface area contributed by atoms with Crippen LogP contribution in [-0.2, 0) is 11.2 Å². The summed E-state index contributed by atoms with van der Waals surface area (Å²) in [5.41, 5.74) is 2.08. The Morgan fingerprint density at radius 2 is 2.00 bits per heavy atom. The fourth-order valence-electron chi connectivity index (χ4n) is 3.20. The average Bonchev–Trinajstić information content (AvgIpc) is 3.12. The minimum absolute atomic E-state index is 0.0453. The fraction of sp³-hybridized carbons (Fsp3) is 0.421. The molecule has 148 valence electrons. The molecular weight excluding hydrogens is 371 g/mol. The largest absolute Gasteiger partial charge is 0.381 e. The van der Waals surface area contributed by atoms with E-state index in [0.717, 1.165) is 42.8 Å². The Morgan fingerprint density at radius 1 is 1.18 bits per heavy atom. The van der Waals surface area contributed by atoms with E-state index in [1.165, 1.54) is 6.20 Å². The van der Waals surface area contributed by atoms with E-state index >= 15 is 0 Å². The van der Waals surface area contributed by atoms with Crippen molar-refractivity contribution in [2.45, 2.75) is 37.9 Å². The predicted molar refractivity (Wildman–Crippen MR) is 99.2 cm³/mol. The Kier molecular flexibility index (Phi) is 5.43. The SMILES string of the molecule is FC(F)C(F)Cc1nccc(-c2cc3cnc(NC4CCOCC4)cc3[nH]2)n1. The quantitative estimate of drug-likeness (QED) is 0.669. The normalized spacial score (nSPS) is 16.6. The molecule has 1 unspecified atom stereocenters. The first-order valence-corrected chi connectivity index (χ1v) is 9.16. The smallest absolute Gasteiger partial charge is 0.269 e. The molecule has 1 fully saturated rings. The zero-order valence-electron chi connectivity index (χ0n) is 15.0. The second kappa shape index (κ2) is 8.14. The molecule has 6 nitrogen and oxygen atoms in total. The van der Waals surface area contributed by atoms with Crippen molar-refractivity contribution in [2.24, 2.45) is 0 Å². The number of aromatic amines is 1. The first kappa shape index (κ1) is 18.7. The van der Waals surface area contributed by atoms with Gasteiger partial charge < -0.3 is 15.0 Å². The molecule has 2 N–H and O–H groups in total. The number of H-pyrrole nitrogens is 1. The van der Waals surface area contributed by atoms with Crippen molar-refractivity contribution in [2.75, 3.05) is 18.5 Å². The molecule has 4 rings (SSSR count). The van der Waals surface area contributed by atoms with Crippen molar-refractivity contribution in [3.8, 4) is 11.4 Å². The number of hydrogen-bond acceptors (Lipinski definition) is 5. The van der Waals surface area contributed by atoms with Crippen molar-refractivity contribution in [3.05, 3.63) is 36.4 Å². The van der Waals surface area contributed by atoms with E-state index in [2.05, 4.69) is 25.3 Å². The third-order valence-corrected chi connectivity index (χ3v) is 4.71. The van der Waals surface area contributed by atoms with E-state index in [1.807, 2.05) is 12.1 Å². The fourth-order valence-corrected chi connectivity index (χ4v) is 3.20. The molecule has 1 saturated heterocycles. The number of aromatic nitrogens is 4. The number of alkyl halides is 3. The summed E-state index contributed by atoms with van der Waals surface area (Å²) in [6.45, 7) is 1.49. The van der Waals surface area contributed by atoms with E-state index in [0.29, 0.717) is 17.4 Å². The summed E-state index contributed by atoms with van der Waals surface area (Å²) < 4.78 is 43.5. The van der Waals surface area contributed by atoms with Gasteiger partial charge in [0.15, 0.2) is 6.17 Å². The van der Waals surface area contributed by atoms with Gasteiger partial charge in [-0.05, 0) is 25.0 Å². The van der Waals surface area contributed by atoms with Gasteiger partial charge in [0.05, 0.1) is 16.9 Å². The van der Waals surface area contributed by atoms with Crippen LogP contribution in [-0.4, -0.2) is 51.8 Å². The Labute approximate surface area is 159 Å². The summed E-state index contributed by atoms with van der Waals surface area (Å²) in [4.78, 5) is 15.8. The van der Waals surface area contributed by atoms with Gasteiger partial charge in [-0.25, -0.2) is 28.1 Å². The van der Waals surface area contributed by atoms with Crippen LogP contribution in [0.1, 0.15) is 18.7 Å². The van der Waals surface area contributed by atoms with Crippen LogP contribution in [0.25, 0.3) is 22.3 Å². The Balaban J connectivity index is 1.54. The first-order chi connectivity index (χ1) is 13.6. The summed E-state index contributed by atoms with van der Waals surface area (Å²) in [6, 6.07) is 5.77. The summed E-state index contributed by atoms with van der Waals surface area (Å²) in [5.74, 6) is 0.817. The first-order valence-electron chi connectivity index (χ1n) is 9.16. The molecule has 4 heterocycles. The van der Waals surface area contributed by atoms with Gasteiger partial charge in [0, 0.05) is 49.5 Å². The summed E-state index contributed by atoms with van der Waals surface area (Å²) >= 11 is 0. The predicted octanol–water partition coefficient (Wildman–Crippen LogP) is 3.76. The molecule has 0 spiro atoms. The highest BCUT2D eigenvalue weighted by atomic mass is 19.3. The number of rotatable bonds is 6. The molecular formula is C19H20F3N5O. The van der Waals surface area contributed by atoms with E-state index < -0.39 is 19.0 Å². The van der Waals surface area contributed by atoms with Crippen molar-refractivity contribution in [3.63, 3.8) is 0 Å². The van der Waals surface area contributed by atoms with Crippen molar-refractivity contribution in [1.29, 1.82) is 0 Å². The molecule has 0 aromatic carbocycles. The standard InChI is InChI=1S/C19H20F3N5O/c20-13(19(21)22)8-17-23-4-1-14(27-17)16-7-11-10-24-18(9-15(11)26-16)25-12-2-5-28-6-3-12/h1,4,7,9-10,12-13,19,26H,2-3,5-6,8H2,(H,24,25). The number of nitrogens with zero attached hydrogens (tertiary/aromatic N) is 3. The Bertz CT molecular complexity index is 942. The summed E-state index contributed by atoms with van der Waals surface area (Å²) in [5, 5.41) is 4.31. The van der Waals surface area contributed by atoms with Gasteiger partial charge in [0.2, 0.25) is 0 Å². The van der Waals surface area contributed by atoms with Gasteiger partial charge in [-0.15, -0.1) is 0 Å². The van der Waals surface area contributed by atoms with Crippen molar-refractivity contribution < 1.29 is 17.9 Å². The monoisotopic (exact) mass is 391 g/mol. The highest BCUT2D eigenvalue weighted by Gasteiger charge is 2.21. The maximum Gasteiger partial charge on any atom is 0.269 e. The molecule has 0 bridgehead atoms. The molecule has 3 aromatic rings. The van der Waals surface area contributed by atoms with E-state index in [9.17, 15) is 13.2 Å². The molecule has 0 aliphatic carbocycles. The molecule has 3 aromatic heterocycles. The summed E-state index contributed by atoms with van der Waals surface area (Å²) in [6.07, 6.45) is -0.771. The van der Waals surface area contributed by atoms with Gasteiger partial charge in [0.25, 0.3) is 6.43 Å². The van der Waals surface area contributed by atoms with Gasteiger partial charge in [-0.2, -0.15) is 0 Å². The third-order valence-electron chi connectivity index (χ3n) is 4.71. The van der Waals surface area contributed by atoms with Crippen LogP contribution in [0.15, 0.2) is 30.6 Å². The maximum absolute atomic E-state index is 13.3. The lowest BCUT2D eigenvalue weighted by Gasteiger charge is -2.23. The summed E-state index contributed by atoms with van der Waals surface area (Å²) in [7, 11) is 0. The molecule has 0 amide bonds. The maximum atomic E-state index is 13.3. The number of halogens is 3. The van der Waals surface area contributed by atoms with Crippen LogP contribution in [0, 0.1) is 0 Å². The molecule has 0 saturated carbocycles. The van der Waals surface area contributed by atoms with E-state index in [-0.39, 0.29) is 5.82 Å². The highest BCUT2D eigenvalue weighted by Crippen LogP contribution is 2.25. The number of pyridine rings is 1. The third kappa shape index (κ3) is 4.24. The van der Waals surface area contributed by atoms with Crippen LogP contribution in [0.5, 0.6) is 0 Å². The van der Waals surface area contributed by atoms with Crippen molar-refractivity contribution >= 4 is 16.7 Å². The lowest BCUT2D eigenvalue weighted by Crippen LogP contribution is -2.28. The van der Waals surface area contributed by atoms with Crippen molar-refractivity contribution in [1.82, 2.24) is 19.9 Å². The lowest BCUT2D eigenvalue weighted by atomic mass is 10.1. The zero-order valence-corrected chi connectivity index (χ0v) is 15.0. The van der Waals surface area contributed by atoms with Crippen LogP contribution >= 0.6 is 0 Å². The second-order valence-electron chi connectivity index (χ2n) is 6.78. The molecule has 9 heteroatoms. The second-order valence-corrected chi connectivity index (χ2v) is 6.78. The van der Waals surface area contributed by atoms with Crippen LogP contribution in [0.2, 0.25) is 0 Å². The van der Waals surface area contributed by atoms with Crippen LogP contribution in [0.4, 0.5) is 19.0 Å². The lowest BCUT2D eigenvalue weighted by molar-refractivity contribution is 0.0493. The van der Waals surface area contributed by atoms with E-state index in [1.54, 1.807) is 12.3 Å². The van der Waals surface area contributed by atoms with Gasteiger partial charge in [0.1, 0.15) is 11.6 Å². The Morgan fingerprint density at radius 3 is 2.79 bits per heavy atom. The minimum Gasteiger partial charge on any atom is -0.381 e. The number of ether oxygens (including phenoxy) is 1. The van der Waals surface area contributed by atoms with Crippen LogP contribution < -0.4 is 5.32 Å². The zero-order chi connectivity index (χ0) is 19.5. The van der Waals surface area contributed by atoms with Gasteiger partial charge in [-0.3, -0.25) is 0 Å². The molecule has 1 aliphatic heterocycles.